The van der Waals surface area contributed by atoms with Crippen LogP contribution in [0.1, 0.15) is 49.9 Å². The number of pyridine rings is 1. The molecule has 4 rings (SSSR count). The molecular formula is C21H25N5O3. The van der Waals surface area contributed by atoms with Gasteiger partial charge in [-0.2, -0.15) is 5.10 Å². The van der Waals surface area contributed by atoms with Crippen molar-refractivity contribution in [2.24, 2.45) is 0 Å². The Bertz CT molecular complexity index is 1120. The van der Waals surface area contributed by atoms with Gasteiger partial charge in [0.1, 0.15) is 11.5 Å². The second kappa shape index (κ2) is 7.36. The highest BCUT2D eigenvalue weighted by molar-refractivity contribution is 5.63. The van der Waals surface area contributed by atoms with Gasteiger partial charge in [0, 0.05) is 19.2 Å². The lowest BCUT2D eigenvalue weighted by Crippen LogP contribution is -2.17. The average molecular weight is 395 g/mol. The first kappa shape index (κ1) is 19.2. The number of nitrogens with one attached hydrogen (secondary N) is 1. The van der Waals surface area contributed by atoms with E-state index in [9.17, 15) is 15.0 Å². The molecule has 0 aliphatic carbocycles. The first-order valence-electron chi connectivity index (χ1n) is 9.84. The average Bonchev–Trinajstić information content (AvgIpc) is 3.24. The predicted molar refractivity (Wildman–Crippen MR) is 109 cm³/mol. The van der Waals surface area contributed by atoms with Crippen LogP contribution >= 0.6 is 0 Å². The second-order valence-corrected chi connectivity index (χ2v) is 7.77. The van der Waals surface area contributed by atoms with Crippen LogP contribution in [0.2, 0.25) is 0 Å². The Morgan fingerprint density at radius 3 is 2.62 bits per heavy atom. The van der Waals surface area contributed by atoms with Crippen molar-refractivity contribution in [2.45, 2.75) is 46.2 Å². The third-order valence-corrected chi connectivity index (χ3v) is 5.22. The normalized spacial score (nSPS) is 13.9. The summed E-state index contributed by atoms with van der Waals surface area (Å²) >= 11 is 0. The lowest BCUT2D eigenvalue weighted by atomic mass is 10.1. The predicted octanol–water partition coefficient (Wildman–Crippen LogP) is 2.88. The van der Waals surface area contributed by atoms with Crippen molar-refractivity contribution in [1.29, 1.82) is 0 Å². The van der Waals surface area contributed by atoms with Crippen molar-refractivity contribution in [3.63, 3.8) is 0 Å². The van der Waals surface area contributed by atoms with Crippen molar-refractivity contribution in [1.82, 2.24) is 24.6 Å². The van der Waals surface area contributed by atoms with Gasteiger partial charge in [-0.05, 0) is 42.1 Å². The van der Waals surface area contributed by atoms with E-state index in [0.717, 1.165) is 26.1 Å². The lowest BCUT2D eigenvalue weighted by Gasteiger charge is -2.12. The van der Waals surface area contributed by atoms with Gasteiger partial charge in [0.05, 0.1) is 11.4 Å². The monoisotopic (exact) mass is 395 g/mol. The van der Waals surface area contributed by atoms with E-state index in [-0.39, 0.29) is 28.9 Å². The van der Waals surface area contributed by atoms with Crippen LogP contribution in [-0.2, 0) is 13.1 Å². The maximum absolute atomic E-state index is 12.6. The summed E-state index contributed by atoms with van der Waals surface area (Å²) < 4.78 is 1.41. The summed E-state index contributed by atoms with van der Waals surface area (Å²) in [4.78, 5) is 19.3. The Morgan fingerprint density at radius 2 is 1.90 bits per heavy atom. The van der Waals surface area contributed by atoms with Gasteiger partial charge in [-0.25, -0.2) is 19.4 Å². The molecule has 0 amide bonds. The van der Waals surface area contributed by atoms with Crippen molar-refractivity contribution < 1.29 is 10.2 Å². The van der Waals surface area contributed by atoms with Crippen LogP contribution in [0.5, 0.6) is 11.5 Å². The third-order valence-electron chi connectivity index (χ3n) is 5.22. The van der Waals surface area contributed by atoms with Crippen molar-refractivity contribution in [2.75, 3.05) is 6.54 Å². The molecule has 2 aromatic heterocycles. The number of hydrogen-bond acceptors (Lipinski definition) is 6. The molecule has 3 N–H and O–H groups in total. The zero-order valence-corrected chi connectivity index (χ0v) is 16.8. The summed E-state index contributed by atoms with van der Waals surface area (Å²) in [5.41, 5.74) is 3.27. The summed E-state index contributed by atoms with van der Waals surface area (Å²) in [6.07, 6.45) is 1.09. The topological polar surface area (TPSA) is 107 Å². The molecule has 0 spiro atoms. The van der Waals surface area contributed by atoms with Crippen molar-refractivity contribution >= 4 is 0 Å². The molecule has 0 atom stereocenters. The van der Waals surface area contributed by atoms with E-state index >= 15 is 0 Å². The molecule has 152 valence electrons. The molecule has 1 aromatic carbocycles. The molecule has 0 saturated heterocycles. The van der Waals surface area contributed by atoms with Crippen LogP contribution in [0.3, 0.4) is 0 Å². The number of aromatic nitrogens is 4. The molecule has 8 heteroatoms. The molecule has 0 saturated carbocycles. The van der Waals surface area contributed by atoms with Gasteiger partial charge in [-0.1, -0.05) is 26.8 Å². The minimum Gasteiger partial charge on any atom is -0.506 e. The number of nitrogens with zero attached hydrogens (tertiary/aromatic N) is 4. The fourth-order valence-electron chi connectivity index (χ4n) is 3.86. The highest BCUT2D eigenvalue weighted by Gasteiger charge is 2.23. The summed E-state index contributed by atoms with van der Waals surface area (Å²) in [7, 11) is 0. The minimum atomic E-state index is -0.413. The smallest absolute Gasteiger partial charge is 0.348 e. The Hall–Kier alpha value is -3.13. The Morgan fingerprint density at radius 1 is 1.14 bits per heavy atom. The maximum atomic E-state index is 12.6. The van der Waals surface area contributed by atoms with Gasteiger partial charge in [0.2, 0.25) is 0 Å². The van der Waals surface area contributed by atoms with Crippen LogP contribution < -0.4 is 5.69 Å². The van der Waals surface area contributed by atoms with Crippen molar-refractivity contribution in [3.8, 4) is 28.7 Å². The van der Waals surface area contributed by atoms with E-state index in [1.165, 1.54) is 21.8 Å². The molecule has 0 bridgehead atoms. The second-order valence-electron chi connectivity index (χ2n) is 7.77. The van der Waals surface area contributed by atoms with Crippen LogP contribution in [-0.4, -0.2) is 41.4 Å². The first-order valence-corrected chi connectivity index (χ1v) is 9.84. The fourth-order valence-corrected chi connectivity index (χ4v) is 3.86. The highest BCUT2D eigenvalue weighted by atomic mass is 16.3. The zero-order valence-electron chi connectivity index (χ0n) is 16.8. The third kappa shape index (κ3) is 3.40. The molecule has 8 nitrogen and oxygen atoms in total. The minimum absolute atomic E-state index is 0.0574. The highest BCUT2D eigenvalue weighted by Crippen LogP contribution is 2.34. The summed E-state index contributed by atoms with van der Waals surface area (Å²) in [5.74, 6) is -0.169. The van der Waals surface area contributed by atoms with Crippen LogP contribution in [0, 0.1) is 0 Å². The van der Waals surface area contributed by atoms with E-state index in [4.69, 9.17) is 0 Å². The largest absolute Gasteiger partial charge is 0.506 e. The summed E-state index contributed by atoms with van der Waals surface area (Å²) in [6.45, 7) is 8.73. The molecule has 0 unspecified atom stereocenters. The number of H-pyrrole nitrogens is 1. The van der Waals surface area contributed by atoms with Crippen LogP contribution in [0.4, 0.5) is 0 Å². The zero-order chi connectivity index (χ0) is 20.7. The van der Waals surface area contributed by atoms with Gasteiger partial charge in [0.25, 0.3) is 0 Å². The number of benzene rings is 1. The summed E-state index contributed by atoms with van der Waals surface area (Å²) in [5, 5.41) is 27.0. The number of aromatic amines is 1. The first-order chi connectivity index (χ1) is 13.9. The van der Waals surface area contributed by atoms with Gasteiger partial charge in [-0.3, -0.25) is 4.90 Å². The number of fused-ring (bicyclic) bond motifs is 1. The van der Waals surface area contributed by atoms with Gasteiger partial charge < -0.3 is 10.2 Å². The molecule has 3 aromatic rings. The standard InChI is InChI=1S/C21H25N5O3/c1-4-7-25-10-13-5-6-15(8-14(13)11-25)26-20(23-24-21(26)29)19-17(28)9-16(27)18(22-19)12(2)3/h5-6,8-9,12,27-28H,4,7,10-11H2,1-3H3,(H,24,29). The van der Waals surface area contributed by atoms with E-state index in [0.29, 0.717) is 11.4 Å². The molecule has 0 radical (unpaired) electrons. The molecule has 1 aliphatic rings. The molecule has 29 heavy (non-hydrogen) atoms. The van der Waals surface area contributed by atoms with Crippen LogP contribution in [0.15, 0.2) is 29.1 Å². The number of hydrogen-bond donors (Lipinski definition) is 3. The number of rotatable bonds is 5. The molecular weight excluding hydrogens is 370 g/mol. The molecule has 3 heterocycles. The van der Waals surface area contributed by atoms with Crippen molar-refractivity contribution in [3.05, 3.63) is 51.6 Å². The summed E-state index contributed by atoms with van der Waals surface area (Å²) in [6, 6.07) is 7.15. The maximum Gasteiger partial charge on any atom is 0.348 e. The molecule has 1 aliphatic heterocycles. The SMILES string of the molecule is CCCN1Cc2ccc(-n3c(-c4nc(C(C)C)c(O)cc4O)n[nH]c3=O)cc2C1. The van der Waals surface area contributed by atoms with Crippen LogP contribution in [0.25, 0.3) is 17.2 Å². The van der Waals surface area contributed by atoms with Gasteiger partial charge >= 0.3 is 5.69 Å². The van der Waals surface area contributed by atoms with E-state index in [2.05, 4.69) is 27.0 Å². The molecule has 0 fully saturated rings. The Labute approximate surface area is 168 Å². The van der Waals surface area contributed by atoms with E-state index < -0.39 is 5.69 Å². The Balaban J connectivity index is 1.80. The van der Waals surface area contributed by atoms with Gasteiger partial charge in [0.15, 0.2) is 11.5 Å². The van der Waals surface area contributed by atoms with Gasteiger partial charge in [-0.15, -0.1) is 0 Å². The van der Waals surface area contributed by atoms with E-state index in [1.807, 2.05) is 32.0 Å². The number of aromatic hydroxyl groups is 2. The quantitative estimate of drug-likeness (QED) is 0.613. The fraction of sp³-hybridized carbons (Fsp3) is 0.381. The lowest BCUT2D eigenvalue weighted by molar-refractivity contribution is 0.285. The Kier molecular flexibility index (Phi) is 4.87. The van der Waals surface area contributed by atoms with E-state index in [1.54, 1.807) is 0 Å².